The number of carbonyl (C=O) groups excluding carboxylic acids is 1. The van der Waals surface area contributed by atoms with Gasteiger partial charge in [-0.1, -0.05) is 57.3 Å². The van der Waals surface area contributed by atoms with Crippen LogP contribution in [-0.4, -0.2) is 15.9 Å². The van der Waals surface area contributed by atoms with E-state index in [1.807, 2.05) is 17.5 Å². The quantitative estimate of drug-likeness (QED) is 0.113. The molecule has 1 N–H and O–H groups in total. The molecule has 1 aliphatic carbocycles. The molecule has 0 unspecified atom stereocenters. The first-order valence-electron chi connectivity index (χ1n) is 13.1. The average molecular weight is 713 g/mol. The molecule has 5 aromatic rings. The zero-order chi connectivity index (χ0) is 27.2. The molecule has 2 heterocycles. The van der Waals surface area contributed by atoms with Gasteiger partial charge in [0.1, 0.15) is 0 Å². The number of thiophene rings is 1. The zero-order valence-electron chi connectivity index (χ0n) is 23.3. The number of aliphatic hydroxyl groups excluding tert-OH is 1. The van der Waals surface area contributed by atoms with Crippen molar-refractivity contribution >= 4 is 48.1 Å². The third kappa shape index (κ3) is 5.72. The summed E-state index contributed by atoms with van der Waals surface area (Å²) in [4.78, 5) is 14.8. The fraction of sp³-hybridized carbons (Fsp3) is 0.294. The van der Waals surface area contributed by atoms with Gasteiger partial charge in [-0.2, -0.15) is 0 Å². The summed E-state index contributed by atoms with van der Waals surface area (Å²) in [6, 6.07) is 23.4. The van der Waals surface area contributed by atoms with Gasteiger partial charge in [-0.25, -0.2) is 0 Å². The normalized spacial score (nSPS) is 15.8. The van der Waals surface area contributed by atoms with Gasteiger partial charge in [0.2, 0.25) is 0 Å². The fourth-order valence-electron chi connectivity index (χ4n) is 5.51. The number of pyridine rings is 1. The van der Waals surface area contributed by atoms with Crippen LogP contribution in [0.2, 0.25) is 0 Å². The number of hydrogen-bond acceptors (Lipinski definition) is 4. The summed E-state index contributed by atoms with van der Waals surface area (Å²) in [5, 5.41) is 13.5. The molecule has 0 aliphatic heterocycles. The number of nitrogens with zero attached hydrogens (tertiary/aromatic N) is 1. The molecule has 5 heteroatoms. The van der Waals surface area contributed by atoms with E-state index >= 15 is 0 Å². The third-order valence-corrected chi connectivity index (χ3v) is 8.88. The molecule has 1 aliphatic rings. The summed E-state index contributed by atoms with van der Waals surface area (Å²) in [7, 11) is 0. The van der Waals surface area contributed by atoms with Crippen molar-refractivity contribution in [2.75, 3.05) is 0 Å². The first-order chi connectivity index (χ1) is 18.0. The number of rotatable bonds is 2. The molecule has 0 saturated carbocycles. The van der Waals surface area contributed by atoms with E-state index in [1.165, 1.54) is 74.8 Å². The van der Waals surface area contributed by atoms with Crippen molar-refractivity contribution in [3.63, 3.8) is 0 Å². The number of ketones is 1. The Balaban J connectivity index is 0.000000394. The van der Waals surface area contributed by atoms with Crippen molar-refractivity contribution in [2.24, 2.45) is 0 Å². The van der Waals surface area contributed by atoms with Gasteiger partial charge in [-0.3, -0.25) is 4.79 Å². The van der Waals surface area contributed by atoms with Gasteiger partial charge in [-0.15, -0.1) is 40.5 Å². The van der Waals surface area contributed by atoms with Crippen LogP contribution in [0.4, 0.5) is 0 Å². The van der Waals surface area contributed by atoms with Gasteiger partial charge >= 0.3 is 0 Å². The fourth-order valence-corrected chi connectivity index (χ4v) is 6.73. The number of benzene rings is 3. The van der Waals surface area contributed by atoms with Crippen LogP contribution in [0.25, 0.3) is 42.2 Å². The Kier molecular flexibility index (Phi) is 8.19. The van der Waals surface area contributed by atoms with Gasteiger partial charge < -0.3 is 10.1 Å². The van der Waals surface area contributed by atoms with Crippen molar-refractivity contribution < 1.29 is 30.0 Å². The molecule has 0 saturated heterocycles. The van der Waals surface area contributed by atoms with Crippen molar-refractivity contribution in [1.82, 2.24) is 4.98 Å². The van der Waals surface area contributed by atoms with E-state index in [0.29, 0.717) is 0 Å². The Morgan fingerprint density at radius 1 is 0.949 bits per heavy atom. The van der Waals surface area contributed by atoms with Crippen LogP contribution < -0.4 is 0 Å². The van der Waals surface area contributed by atoms with Crippen LogP contribution in [0.15, 0.2) is 72.6 Å². The molecule has 6 rings (SSSR count). The average Bonchev–Trinajstić information content (AvgIpc) is 3.23. The van der Waals surface area contributed by atoms with Gasteiger partial charge in [0, 0.05) is 47.5 Å². The number of aromatic nitrogens is 1. The predicted octanol–water partition coefficient (Wildman–Crippen LogP) is 9.45. The summed E-state index contributed by atoms with van der Waals surface area (Å²) in [6.45, 7) is 12.5. The first kappa shape index (κ1) is 29.1. The Morgan fingerprint density at radius 3 is 2.21 bits per heavy atom. The summed E-state index contributed by atoms with van der Waals surface area (Å²) < 4.78 is 2.64. The smallest absolute Gasteiger partial charge is 0.155 e. The van der Waals surface area contributed by atoms with E-state index in [9.17, 15) is 4.79 Å². The number of aliphatic hydroxyl groups is 1. The predicted molar refractivity (Wildman–Crippen MR) is 161 cm³/mol. The van der Waals surface area contributed by atoms with E-state index in [4.69, 9.17) is 10.1 Å². The maximum Gasteiger partial charge on any atom is 0.155 e. The first-order valence-corrected chi connectivity index (χ1v) is 13.9. The molecule has 0 amide bonds. The maximum atomic E-state index is 10.0. The van der Waals surface area contributed by atoms with Crippen molar-refractivity contribution in [2.45, 2.75) is 65.2 Å². The van der Waals surface area contributed by atoms with E-state index in [2.05, 4.69) is 88.4 Å². The largest absolute Gasteiger partial charge is 0.512 e. The summed E-state index contributed by atoms with van der Waals surface area (Å²) in [6.07, 6.45) is 5.60. The SMILES string of the molecule is CC(=O)/C=C(/C)O.CC1(C)CCC(C)(C)c2cc3c(cc21)sc1c(-c2[c-]cc4ccccc4c2)nccc13.[Ir]. The Morgan fingerprint density at radius 2 is 1.59 bits per heavy atom. The van der Waals surface area contributed by atoms with E-state index in [-0.39, 0.29) is 42.5 Å². The van der Waals surface area contributed by atoms with Crippen LogP contribution in [0.5, 0.6) is 0 Å². The molecule has 0 atom stereocenters. The van der Waals surface area contributed by atoms with Crippen LogP contribution >= 0.6 is 11.3 Å². The molecular weight excluding hydrogens is 679 g/mol. The van der Waals surface area contributed by atoms with E-state index in [0.717, 1.165) is 11.3 Å². The van der Waals surface area contributed by atoms with Crippen LogP contribution in [0.3, 0.4) is 0 Å². The summed E-state index contributed by atoms with van der Waals surface area (Å²) in [5.41, 5.74) is 5.60. The second-order valence-corrected chi connectivity index (χ2v) is 12.7. The Bertz CT molecular complexity index is 1720. The monoisotopic (exact) mass is 713 g/mol. The van der Waals surface area contributed by atoms with Crippen LogP contribution in [-0.2, 0) is 35.7 Å². The van der Waals surface area contributed by atoms with Gasteiger partial charge in [-0.05, 0) is 77.6 Å². The van der Waals surface area contributed by atoms with E-state index in [1.54, 1.807) is 0 Å². The molecular formula is C34H34IrNO2S-. The third-order valence-electron chi connectivity index (χ3n) is 7.71. The molecule has 3 nitrogen and oxygen atoms in total. The standard InChI is InChI=1S/C29H26NS.C5H8O2.Ir/c1-28(2)12-13-29(3,4)24-17-25-22(16-23(24)28)21-11-14-30-26(27(21)31-25)20-10-9-18-7-5-6-8-19(18)15-20;1-4(6)3-5(2)7;/h5-9,11,14-17H,12-13H2,1-4H3;3,6H,1-2H3;/q-1;;/b;4-3-;. The molecule has 203 valence electrons. The molecule has 0 spiro atoms. The number of allylic oxidation sites excluding steroid dienone is 2. The molecule has 0 fully saturated rings. The van der Waals surface area contributed by atoms with Crippen LogP contribution in [0.1, 0.15) is 65.5 Å². The van der Waals surface area contributed by atoms with Crippen LogP contribution in [0, 0.1) is 6.07 Å². The Hall–Kier alpha value is -2.85. The van der Waals surface area contributed by atoms with E-state index < -0.39 is 0 Å². The minimum absolute atomic E-state index is 0. The zero-order valence-corrected chi connectivity index (χ0v) is 26.5. The maximum absolute atomic E-state index is 10.0. The van der Waals surface area contributed by atoms with Crippen molar-refractivity contribution in [1.29, 1.82) is 0 Å². The molecule has 1 radical (unpaired) electrons. The molecule has 39 heavy (non-hydrogen) atoms. The van der Waals surface area contributed by atoms with Crippen molar-refractivity contribution in [3.05, 3.63) is 89.8 Å². The number of fused-ring (bicyclic) bond motifs is 5. The number of hydrogen-bond donors (Lipinski definition) is 1. The van der Waals surface area contributed by atoms with Gasteiger partial charge in [0.15, 0.2) is 5.78 Å². The second-order valence-electron chi connectivity index (χ2n) is 11.7. The molecule has 3 aromatic carbocycles. The van der Waals surface area contributed by atoms with Crippen molar-refractivity contribution in [3.8, 4) is 11.3 Å². The molecule has 0 bridgehead atoms. The minimum atomic E-state index is -0.125. The second kappa shape index (κ2) is 11.0. The van der Waals surface area contributed by atoms with Gasteiger partial charge in [0.05, 0.1) is 5.76 Å². The Labute approximate surface area is 248 Å². The summed E-state index contributed by atoms with van der Waals surface area (Å²) >= 11 is 1.88. The summed E-state index contributed by atoms with van der Waals surface area (Å²) in [5.74, 6) is -0.0625. The topological polar surface area (TPSA) is 50.2 Å². The molecule has 2 aromatic heterocycles. The minimum Gasteiger partial charge on any atom is -0.512 e. The van der Waals surface area contributed by atoms with Gasteiger partial charge in [0.25, 0.3) is 0 Å². The number of carbonyl (C=O) groups is 1.